The fourth-order valence-corrected chi connectivity index (χ4v) is 3.17. The van der Waals surface area contributed by atoms with E-state index in [2.05, 4.69) is 15.3 Å². The van der Waals surface area contributed by atoms with Crippen LogP contribution in [0.3, 0.4) is 0 Å². The Morgan fingerprint density at radius 1 is 1.04 bits per heavy atom. The molecule has 0 spiro atoms. The lowest BCUT2D eigenvalue weighted by Crippen LogP contribution is -2.14. The number of anilines is 1. The van der Waals surface area contributed by atoms with Gasteiger partial charge in [-0.15, -0.1) is 0 Å². The van der Waals surface area contributed by atoms with Crippen molar-refractivity contribution in [2.45, 2.75) is 20.8 Å². The molecule has 0 saturated carbocycles. The molecule has 2 aromatic carbocycles. The first-order valence-electron chi connectivity index (χ1n) is 8.90. The maximum atomic E-state index is 13.4. The van der Waals surface area contributed by atoms with Crippen molar-refractivity contribution in [3.63, 3.8) is 0 Å². The zero-order valence-electron chi connectivity index (χ0n) is 15.8. The molecule has 0 bridgehead atoms. The van der Waals surface area contributed by atoms with Crippen LogP contribution in [0.5, 0.6) is 0 Å². The molecule has 4 aromatic rings. The predicted octanol–water partition coefficient (Wildman–Crippen LogP) is 4.71. The van der Waals surface area contributed by atoms with E-state index in [0.717, 1.165) is 28.5 Å². The van der Waals surface area contributed by atoms with Gasteiger partial charge >= 0.3 is 0 Å². The van der Waals surface area contributed by atoms with Gasteiger partial charge < -0.3 is 5.32 Å². The van der Waals surface area contributed by atoms with Crippen molar-refractivity contribution in [1.82, 2.24) is 14.4 Å². The zero-order valence-corrected chi connectivity index (χ0v) is 15.8. The third-order valence-electron chi connectivity index (χ3n) is 4.69. The number of carbonyl (C=O) groups excluding carboxylic acids is 1. The maximum absolute atomic E-state index is 13.4. The van der Waals surface area contributed by atoms with Crippen LogP contribution in [0, 0.1) is 26.6 Å². The quantitative estimate of drug-likeness (QED) is 0.565. The molecule has 0 saturated heterocycles. The highest BCUT2D eigenvalue weighted by Gasteiger charge is 2.13. The third kappa shape index (κ3) is 3.36. The van der Waals surface area contributed by atoms with Crippen molar-refractivity contribution < 1.29 is 9.18 Å². The van der Waals surface area contributed by atoms with Crippen molar-refractivity contribution in [1.29, 1.82) is 0 Å². The monoisotopic (exact) mass is 374 g/mol. The Labute approximate surface area is 161 Å². The Hall–Kier alpha value is -3.54. The number of halogens is 1. The largest absolute Gasteiger partial charge is 0.322 e. The van der Waals surface area contributed by atoms with Crippen LogP contribution in [0.15, 0.2) is 55.0 Å². The van der Waals surface area contributed by atoms with E-state index in [0.29, 0.717) is 22.7 Å². The summed E-state index contributed by atoms with van der Waals surface area (Å²) in [6.07, 6.45) is 4.18. The molecule has 4 rings (SSSR count). The van der Waals surface area contributed by atoms with E-state index in [1.54, 1.807) is 10.6 Å². The molecule has 0 aliphatic carbocycles. The SMILES string of the molecule is Cc1ccc(C(=O)Nc2cc(-c3cn4cc(F)cnc4n3)ccc2C)c(C)c1. The average Bonchev–Trinajstić information content (AvgIpc) is 3.06. The van der Waals surface area contributed by atoms with Gasteiger partial charge in [0.25, 0.3) is 5.91 Å². The van der Waals surface area contributed by atoms with Gasteiger partial charge in [0.05, 0.1) is 11.9 Å². The molecule has 6 heteroatoms. The molecule has 2 heterocycles. The first kappa shape index (κ1) is 17.9. The molecule has 0 atom stereocenters. The molecule has 0 fully saturated rings. The summed E-state index contributed by atoms with van der Waals surface area (Å²) in [4.78, 5) is 21.1. The van der Waals surface area contributed by atoms with E-state index in [4.69, 9.17) is 0 Å². The van der Waals surface area contributed by atoms with Gasteiger partial charge in [-0.1, -0.05) is 29.8 Å². The number of amides is 1. The van der Waals surface area contributed by atoms with Crippen molar-refractivity contribution in [2.75, 3.05) is 5.32 Å². The molecule has 0 radical (unpaired) electrons. The van der Waals surface area contributed by atoms with Crippen LogP contribution in [0.4, 0.5) is 10.1 Å². The van der Waals surface area contributed by atoms with Crippen molar-refractivity contribution in [3.8, 4) is 11.3 Å². The standard InChI is InChI=1S/C22H19FN4O/c1-13-4-7-18(15(3)8-13)21(28)25-19-9-16(6-5-14(19)2)20-12-27-11-17(23)10-24-22(27)26-20/h4-12H,1-3H3,(H,25,28). The highest BCUT2D eigenvalue weighted by Crippen LogP contribution is 2.26. The number of nitrogens with zero attached hydrogens (tertiary/aromatic N) is 3. The lowest BCUT2D eigenvalue weighted by molar-refractivity contribution is 0.102. The number of imidazole rings is 1. The summed E-state index contributed by atoms with van der Waals surface area (Å²) in [6.45, 7) is 5.86. The van der Waals surface area contributed by atoms with Gasteiger partial charge in [0.1, 0.15) is 0 Å². The Morgan fingerprint density at radius 2 is 1.86 bits per heavy atom. The summed E-state index contributed by atoms with van der Waals surface area (Å²) in [7, 11) is 0. The van der Waals surface area contributed by atoms with Gasteiger partial charge in [0, 0.05) is 29.2 Å². The maximum Gasteiger partial charge on any atom is 0.255 e. The second kappa shape index (κ2) is 6.88. The average molecular weight is 374 g/mol. The highest BCUT2D eigenvalue weighted by molar-refractivity contribution is 6.06. The van der Waals surface area contributed by atoms with Crippen molar-refractivity contribution >= 4 is 17.4 Å². The summed E-state index contributed by atoms with van der Waals surface area (Å²) < 4.78 is 14.9. The number of carbonyl (C=O) groups is 1. The molecule has 1 amide bonds. The fourth-order valence-electron chi connectivity index (χ4n) is 3.17. The molecule has 0 aliphatic heterocycles. The van der Waals surface area contributed by atoms with Crippen LogP contribution >= 0.6 is 0 Å². The summed E-state index contributed by atoms with van der Waals surface area (Å²) >= 11 is 0. The van der Waals surface area contributed by atoms with Crippen LogP contribution in [0.25, 0.3) is 17.0 Å². The lowest BCUT2D eigenvalue weighted by atomic mass is 10.0. The van der Waals surface area contributed by atoms with Crippen LogP contribution in [0.2, 0.25) is 0 Å². The number of nitrogens with one attached hydrogen (secondary N) is 1. The minimum absolute atomic E-state index is 0.156. The fraction of sp³-hybridized carbons (Fsp3) is 0.136. The molecule has 5 nitrogen and oxygen atoms in total. The molecule has 28 heavy (non-hydrogen) atoms. The van der Waals surface area contributed by atoms with Gasteiger partial charge in [-0.25, -0.2) is 14.4 Å². The number of rotatable bonds is 3. The van der Waals surface area contributed by atoms with Crippen LogP contribution in [0.1, 0.15) is 27.0 Å². The topological polar surface area (TPSA) is 59.3 Å². The number of hydrogen-bond donors (Lipinski definition) is 1. The number of benzene rings is 2. The molecule has 2 aromatic heterocycles. The normalized spacial score (nSPS) is 11.0. The molecule has 140 valence electrons. The van der Waals surface area contributed by atoms with Crippen molar-refractivity contribution in [2.24, 2.45) is 0 Å². The molecular formula is C22H19FN4O. The Morgan fingerprint density at radius 3 is 2.64 bits per heavy atom. The molecule has 0 aliphatic rings. The van der Waals surface area contributed by atoms with E-state index >= 15 is 0 Å². The summed E-state index contributed by atoms with van der Waals surface area (Å²) in [5.41, 5.74) is 5.80. The summed E-state index contributed by atoms with van der Waals surface area (Å²) in [5, 5.41) is 2.99. The van der Waals surface area contributed by atoms with E-state index in [1.807, 2.05) is 57.2 Å². The van der Waals surface area contributed by atoms with Gasteiger partial charge in [0.15, 0.2) is 5.82 Å². The van der Waals surface area contributed by atoms with Crippen LogP contribution in [-0.2, 0) is 0 Å². The Bertz CT molecular complexity index is 1210. The van der Waals surface area contributed by atoms with Crippen molar-refractivity contribution in [3.05, 3.63) is 83.1 Å². The number of fused-ring (bicyclic) bond motifs is 1. The molecule has 0 unspecified atom stereocenters. The molecule has 1 N–H and O–H groups in total. The van der Waals surface area contributed by atoms with Gasteiger partial charge in [-0.2, -0.15) is 0 Å². The Balaban J connectivity index is 1.67. The first-order valence-corrected chi connectivity index (χ1v) is 8.90. The highest BCUT2D eigenvalue weighted by atomic mass is 19.1. The van der Waals surface area contributed by atoms with E-state index < -0.39 is 5.82 Å². The number of hydrogen-bond acceptors (Lipinski definition) is 3. The number of aryl methyl sites for hydroxylation is 3. The van der Waals surface area contributed by atoms with Crippen LogP contribution < -0.4 is 5.32 Å². The zero-order chi connectivity index (χ0) is 19.8. The third-order valence-corrected chi connectivity index (χ3v) is 4.69. The lowest BCUT2D eigenvalue weighted by Gasteiger charge is -2.12. The molecular weight excluding hydrogens is 355 g/mol. The smallest absolute Gasteiger partial charge is 0.255 e. The summed E-state index contributed by atoms with van der Waals surface area (Å²) in [5.74, 6) is -0.170. The number of aromatic nitrogens is 3. The van der Waals surface area contributed by atoms with E-state index in [1.165, 1.54) is 6.20 Å². The second-order valence-electron chi connectivity index (χ2n) is 6.91. The van der Waals surface area contributed by atoms with E-state index in [9.17, 15) is 9.18 Å². The second-order valence-corrected chi connectivity index (χ2v) is 6.91. The Kier molecular flexibility index (Phi) is 4.39. The predicted molar refractivity (Wildman–Crippen MR) is 107 cm³/mol. The minimum atomic E-state index is -0.429. The minimum Gasteiger partial charge on any atom is -0.322 e. The van der Waals surface area contributed by atoms with Gasteiger partial charge in [0.2, 0.25) is 5.78 Å². The summed E-state index contributed by atoms with van der Waals surface area (Å²) in [6, 6.07) is 11.5. The van der Waals surface area contributed by atoms with Gasteiger partial charge in [-0.05, 0) is 44.0 Å². The van der Waals surface area contributed by atoms with Crippen LogP contribution in [-0.4, -0.2) is 20.3 Å². The first-order chi connectivity index (χ1) is 13.4. The van der Waals surface area contributed by atoms with Gasteiger partial charge in [-0.3, -0.25) is 9.20 Å². The van der Waals surface area contributed by atoms with E-state index in [-0.39, 0.29) is 5.91 Å².